The van der Waals surface area contributed by atoms with Crippen molar-refractivity contribution in [2.45, 2.75) is 19.1 Å². The monoisotopic (exact) mass is 237 g/mol. The van der Waals surface area contributed by atoms with E-state index in [4.69, 9.17) is 15.2 Å². The van der Waals surface area contributed by atoms with Gasteiger partial charge in [0.15, 0.2) is 5.82 Å². The lowest BCUT2D eigenvalue weighted by Crippen LogP contribution is -2.28. The Hall–Kier alpha value is -1.33. The van der Waals surface area contributed by atoms with Gasteiger partial charge in [-0.15, -0.1) is 0 Å². The molecule has 2 N–H and O–H groups in total. The molecule has 0 aromatic carbocycles. The molecule has 0 spiro atoms. The minimum absolute atomic E-state index is 0.0800. The van der Waals surface area contributed by atoms with Crippen LogP contribution in [0, 0.1) is 0 Å². The van der Waals surface area contributed by atoms with Crippen molar-refractivity contribution >= 4 is 11.5 Å². The Morgan fingerprint density at radius 3 is 2.88 bits per heavy atom. The van der Waals surface area contributed by atoms with Crippen molar-refractivity contribution in [1.82, 2.24) is 4.98 Å². The Kier molecular flexibility index (Phi) is 3.81. The van der Waals surface area contributed by atoms with Crippen molar-refractivity contribution in [3.63, 3.8) is 0 Å². The topological polar surface area (TPSA) is 60.6 Å². The third-order valence-corrected chi connectivity index (χ3v) is 3.02. The Labute approximate surface area is 102 Å². The fraction of sp³-hybridized carbons (Fsp3) is 0.583. The molecule has 0 saturated carbocycles. The van der Waals surface area contributed by atoms with Gasteiger partial charge in [-0.2, -0.15) is 0 Å². The molecule has 1 aliphatic heterocycles. The van der Waals surface area contributed by atoms with Gasteiger partial charge >= 0.3 is 0 Å². The van der Waals surface area contributed by atoms with Crippen molar-refractivity contribution < 1.29 is 9.47 Å². The molecule has 94 valence electrons. The fourth-order valence-corrected chi connectivity index (χ4v) is 2.19. The largest absolute Gasteiger partial charge is 0.396 e. The predicted molar refractivity (Wildman–Crippen MR) is 67.1 cm³/mol. The second-order valence-corrected chi connectivity index (χ2v) is 4.09. The van der Waals surface area contributed by atoms with Gasteiger partial charge in [0.25, 0.3) is 0 Å². The van der Waals surface area contributed by atoms with Crippen LogP contribution in [0.3, 0.4) is 0 Å². The van der Waals surface area contributed by atoms with Crippen LogP contribution in [0.25, 0.3) is 0 Å². The number of hydrogen-bond acceptors (Lipinski definition) is 5. The van der Waals surface area contributed by atoms with Crippen LogP contribution in [0.2, 0.25) is 0 Å². The highest BCUT2D eigenvalue weighted by molar-refractivity contribution is 5.62. The van der Waals surface area contributed by atoms with Crippen LogP contribution in [0.1, 0.15) is 6.92 Å². The van der Waals surface area contributed by atoms with Gasteiger partial charge in [0.05, 0.1) is 5.69 Å². The summed E-state index contributed by atoms with van der Waals surface area (Å²) in [6.07, 6.45) is 1.92. The second kappa shape index (κ2) is 5.33. The van der Waals surface area contributed by atoms with E-state index < -0.39 is 0 Å². The van der Waals surface area contributed by atoms with Crippen LogP contribution in [0.4, 0.5) is 11.5 Å². The van der Waals surface area contributed by atoms with E-state index in [2.05, 4.69) is 9.88 Å². The maximum absolute atomic E-state index is 5.92. The van der Waals surface area contributed by atoms with Crippen molar-refractivity contribution in [2.75, 3.05) is 37.4 Å². The molecule has 0 bridgehead atoms. The molecule has 1 saturated heterocycles. The molecule has 0 radical (unpaired) electrons. The van der Waals surface area contributed by atoms with Gasteiger partial charge in [0, 0.05) is 33.0 Å². The molecule has 17 heavy (non-hydrogen) atoms. The summed E-state index contributed by atoms with van der Waals surface area (Å²) in [6, 6.07) is 3.70. The van der Waals surface area contributed by atoms with E-state index in [0.29, 0.717) is 12.3 Å². The zero-order valence-corrected chi connectivity index (χ0v) is 10.3. The van der Waals surface area contributed by atoms with Gasteiger partial charge in [0.1, 0.15) is 12.2 Å². The van der Waals surface area contributed by atoms with E-state index in [0.717, 1.165) is 18.9 Å². The summed E-state index contributed by atoms with van der Waals surface area (Å²) in [5.74, 6) is 0.816. The number of rotatable bonds is 4. The highest BCUT2D eigenvalue weighted by atomic mass is 16.5. The molecule has 1 aromatic rings. The Morgan fingerprint density at radius 2 is 2.24 bits per heavy atom. The summed E-state index contributed by atoms with van der Waals surface area (Å²) >= 11 is 0. The maximum Gasteiger partial charge on any atom is 0.151 e. The number of aromatic nitrogens is 1. The van der Waals surface area contributed by atoms with Crippen molar-refractivity contribution in [1.29, 1.82) is 0 Å². The Bertz CT molecular complexity index is 373. The predicted octanol–water partition coefficient (Wildman–Crippen LogP) is 0.904. The molecule has 0 aliphatic carbocycles. The molecule has 5 nitrogen and oxygen atoms in total. The first kappa shape index (κ1) is 12.1. The quantitative estimate of drug-likeness (QED) is 0.843. The first-order chi connectivity index (χ1) is 8.26. The summed E-state index contributed by atoms with van der Waals surface area (Å²) in [4.78, 5) is 6.43. The van der Waals surface area contributed by atoms with E-state index in [1.807, 2.05) is 19.1 Å². The number of methoxy groups -OCH3 is 1. The van der Waals surface area contributed by atoms with E-state index >= 15 is 0 Å². The van der Waals surface area contributed by atoms with Crippen LogP contribution in [-0.4, -0.2) is 44.0 Å². The van der Waals surface area contributed by atoms with Crippen molar-refractivity contribution in [3.05, 3.63) is 18.3 Å². The number of hydrogen-bond donors (Lipinski definition) is 1. The van der Waals surface area contributed by atoms with E-state index in [1.54, 1.807) is 13.3 Å². The minimum atomic E-state index is 0.0800. The first-order valence-electron chi connectivity index (χ1n) is 5.86. The lowest BCUT2D eigenvalue weighted by atomic mass is 10.2. The number of nitrogen functional groups attached to an aromatic ring is 1. The van der Waals surface area contributed by atoms with E-state index in [-0.39, 0.29) is 12.2 Å². The van der Waals surface area contributed by atoms with Gasteiger partial charge in [-0.3, -0.25) is 0 Å². The third kappa shape index (κ3) is 2.50. The molecular weight excluding hydrogens is 218 g/mol. The number of nitrogens with two attached hydrogens (primary N) is 1. The van der Waals surface area contributed by atoms with Gasteiger partial charge in [0.2, 0.25) is 0 Å². The molecule has 2 rings (SSSR count). The number of ether oxygens (including phenoxy) is 2. The first-order valence-corrected chi connectivity index (χ1v) is 5.86. The van der Waals surface area contributed by atoms with Gasteiger partial charge in [-0.25, -0.2) is 4.98 Å². The molecule has 0 amide bonds. The summed E-state index contributed by atoms with van der Waals surface area (Å²) in [5, 5.41) is 0. The van der Waals surface area contributed by atoms with E-state index in [9.17, 15) is 0 Å². The minimum Gasteiger partial charge on any atom is -0.396 e. The fourth-order valence-electron chi connectivity index (χ4n) is 2.19. The molecule has 2 atom stereocenters. The molecule has 1 aromatic heterocycles. The molecule has 5 heteroatoms. The van der Waals surface area contributed by atoms with Crippen LogP contribution >= 0.6 is 0 Å². The maximum atomic E-state index is 5.92. The molecule has 1 fully saturated rings. The van der Waals surface area contributed by atoms with Crippen molar-refractivity contribution in [3.8, 4) is 0 Å². The number of nitrogens with zero attached hydrogens (tertiary/aromatic N) is 2. The molecule has 2 heterocycles. The summed E-state index contributed by atoms with van der Waals surface area (Å²) < 4.78 is 11.1. The van der Waals surface area contributed by atoms with Crippen LogP contribution < -0.4 is 10.6 Å². The van der Waals surface area contributed by atoms with Crippen LogP contribution in [-0.2, 0) is 9.47 Å². The Morgan fingerprint density at radius 1 is 1.47 bits per heavy atom. The average molecular weight is 237 g/mol. The molecule has 1 aliphatic rings. The lowest BCUT2D eigenvalue weighted by molar-refractivity contribution is -0.0232. The summed E-state index contributed by atoms with van der Waals surface area (Å²) in [7, 11) is 1.71. The highest BCUT2D eigenvalue weighted by Crippen LogP contribution is 2.26. The smallest absolute Gasteiger partial charge is 0.151 e. The molecular formula is C12H19N3O2. The van der Waals surface area contributed by atoms with Gasteiger partial charge in [-0.05, 0) is 19.1 Å². The SMILES string of the molecule is CCO[C@@H]1CN(c2ncccc2N)C[C@H]1OC. The average Bonchev–Trinajstić information content (AvgIpc) is 2.73. The third-order valence-electron chi connectivity index (χ3n) is 3.02. The van der Waals surface area contributed by atoms with E-state index in [1.165, 1.54) is 0 Å². The normalized spacial score (nSPS) is 24.2. The second-order valence-electron chi connectivity index (χ2n) is 4.09. The van der Waals surface area contributed by atoms with Crippen molar-refractivity contribution in [2.24, 2.45) is 0 Å². The molecule has 0 unspecified atom stereocenters. The van der Waals surface area contributed by atoms with Crippen LogP contribution in [0.5, 0.6) is 0 Å². The number of pyridine rings is 1. The zero-order chi connectivity index (χ0) is 12.3. The standard InChI is InChI=1S/C12H19N3O2/c1-3-17-11-8-15(7-10(11)16-2)12-9(13)5-4-6-14-12/h4-6,10-11H,3,7-8,13H2,1-2H3/t10-,11-/m1/s1. The zero-order valence-electron chi connectivity index (χ0n) is 10.3. The highest BCUT2D eigenvalue weighted by Gasteiger charge is 2.34. The Balaban J connectivity index is 2.12. The lowest BCUT2D eigenvalue weighted by Gasteiger charge is -2.18. The summed E-state index contributed by atoms with van der Waals surface area (Å²) in [5.41, 5.74) is 6.61. The number of anilines is 2. The summed E-state index contributed by atoms with van der Waals surface area (Å²) in [6.45, 7) is 4.22. The van der Waals surface area contributed by atoms with Gasteiger partial charge < -0.3 is 20.1 Å². The van der Waals surface area contributed by atoms with Gasteiger partial charge in [-0.1, -0.05) is 0 Å². The van der Waals surface area contributed by atoms with Crippen LogP contribution in [0.15, 0.2) is 18.3 Å².